The van der Waals surface area contributed by atoms with Crippen LogP contribution in [0.5, 0.6) is 0 Å². The number of carbonyl (C=O) groups is 1. The number of hydrogen-bond acceptors (Lipinski definition) is 5. The zero-order valence-corrected chi connectivity index (χ0v) is 12.5. The van der Waals surface area contributed by atoms with Crippen LogP contribution in [-0.2, 0) is 0 Å². The Bertz CT molecular complexity index is 504. The van der Waals surface area contributed by atoms with Gasteiger partial charge in [0.2, 0.25) is 0 Å². The van der Waals surface area contributed by atoms with E-state index in [0.717, 1.165) is 32.7 Å². The summed E-state index contributed by atoms with van der Waals surface area (Å²) in [5, 5.41) is 10.6. The van der Waals surface area contributed by atoms with Crippen LogP contribution in [0.3, 0.4) is 0 Å². The quantitative estimate of drug-likeness (QED) is 0.487. The Morgan fingerprint density at radius 2 is 1.95 bits per heavy atom. The average Bonchev–Trinajstić information content (AvgIpc) is 2.90. The highest BCUT2D eigenvalue weighted by Crippen LogP contribution is 2.13. The lowest BCUT2D eigenvalue weighted by molar-refractivity contribution is -0.384. The number of carbonyl (C=O) groups excluding carboxylic acids is 1. The lowest BCUT2D eigenvalue weighted by Crippen LogP contribution is -2.48. The van der Waals surface area contributed by atoms with Crippen molar-refractivity contribution in [2.24, 2.45) is 5.92 Å². The van der Waals surface area contributed by atoms with Crippen LogP contribution in [0.15, 0.2) is 12.3 Å². The van der Waals surface area contributed by atoms with Gasteiger partial charge in [0.25, 0.3) is 5.69 Å². The second-order valence-electron chi connectivity index (χ2n) is 5.92. The summed E-state index contributed by atoms with van der Waals surface area (Å²) >= 11 is 0. The largest absolute Gasteiger partial charge is 0.353 e. The average molecular weight is 294 g/mol. The van der Waals surface area contributed by atoms with Crippen molar-refractivity contribution in [1.82, 2.24) is 14.8 Å². The first-order valence-corrected chi connectivity index (χ1v) is 7.26. The number of hydrogen-bond donors (Lipinski definition) is 1. The third kappa shape index (κ3) is 4.37. The minimum atomic E-state index is -0.502. The molecular weight excluding hydrogens is 272 g/mol. The van der Waals surface area contributed by atoms with E-state index in [1.165, 1.54) is 12.3 Å². The second kappa shape index (κ2) is 6.82. The number of nitro groups is 1. The molecule has 0 unspecified atom stereocenters. The number of nitrogens with one attached hydrogen (secondary N) is 1. The fourth-order valence-electron chi connectivity index (χ4n) is 2.58. The van der Waals surface area contributed by atoms with Crippen LogP contribution in [0, 0.1) is 16.0 Å². The Labute approximate surface area is 124 Å². The molecule has 0 aliphatic carbocycles. The first-order valence-electron chi connectivity index (χ1n) is 7.26. The van der Waals surface area contributed by atoms with E-state index in [9.17, 15) is 14.9 Å². The number of rotatable bonds is 6. The normalized spacial score (nSPS) is 17.3. The molecule has 1 aliphatic heterocycles. The highest BCUT2D eigenvalue weighted by molar-refractivity contribution is 5.96. The van der Waals surface area contributed by atoms with Crippen LogP contribution < -0.4 is 0 Å². The highest BCUT2D eigenvalue weighted by Gasteiger charge is 2.21. The lowest BCUT2D eigenvalue weighted by atomic mass is 10.2. The summed E-state index contributed by atoms with van der Waals surface area (Å²) in [6.45, 7) is 9.47. The summed E-state index contributed by atoms with van der Waals surface area (Å²) in [5.41, 5.74) is 0.242. The Hall–Kier alpha value is -1.73. The molecule has 0 radical (unpaired) electrons. The van der Waals surface area contributed by atoms with Crippen molar-refractivity contribution in [1.29, 1.82) is 0 Å². The number of nitrogens with zero attached hydrogens (tertiary/aromatic N) is 3. The maximum Gasteiger partial charge on any atom is 0.287 e. The van der Waals surface area contributed by atoms with Crippen molar-refractivity contribution in [3.05, 3.63) is 28.1 Å². The lowest BCUT2D eigenvalue weighted by Gasteiger charge is -2.35. The molecule has 0 bridgehead atoms. The van der Waals surface area contributed by atoms with E-state index in [1.54, 1.807) is 0 Å². The van der Waals surface area contributed by atoms with E-state index in [0.29, 0.717) is 18.2 Å². The molecule has 0 atom stereocenters. The molecule has 0 saturated carbocycles. The molecule has 0 spiro atoms. The Kier molecular flexibility index (Phi) is 5.08. The molecular formula is C14H22N4O3. The third-order valence-corrected chi connectivity index (χ3v) is 3.63. The van der Waals surface area contributed by atoms with Gasteiger partial charge in [-0.15, -0.1) is 0 Å². The number of piperazine rings is 1. The monoisotopic (exact) mass is 294 g/mol. The van der Waals surface area contributed by atoms with Gasteiger partial charge in [-0.2, -0.15) is 0 Å². The summed E-state index contributed by atoms with van der Waals surface area (Å²) in [4.78, 5) is 29.4. The van der Waals surface area contributed by atoms with E-state index in [4.69, 9.17) is 0 Å². The van der Waals surface area contributed by atoms with Gasteiger partial charge in [0.1, 0.15) is 0 Å². The molecule has 0 amide bonds. The van der Waals surface area contributed by atoms with Gasteiger partial charge in [-0.05, 0) is 5.92 Å². The van der Waals surface area contributed by atoms with Crippen LogP contribution in [0.4, 0.5) is 5.69 Å². The second-order valence-corrected chi connectivity index (χ2v) is 5.92. The smallest absolute Gasteiger partial charge is 0.287 e. The van der Waals surface area contributed by atoms with Crippen LogP contribution in [-0.4, -0.2) is 64.8 Å². The van der Waals surface area contributed by atoms with Crippen LogP contribution in [0.2, 0.25) is 0 Å². The Morgan fingerprint density at radius 1 is 1.33 bits per heavy atom. The van der Waals surface area contributed by atoms with Crippen molar-refractivity contribution in [3.8, 4) is 0 Å². The van der Waals surface area contributed by atoms with E-state index in [-0.39, 0.29) is 11.5 Å². The van der Waals surface area contributed by atoms with Gasteiger partial charge in [0, 0.05) is 38.8 Å². The van der Waals surface area contributed by atoms with Crippen molar-refractivity contribution < 1.29 is 9.72 Å². The first kappa shape index (κ1) is 15.7. The maximum atomic E-state index is 12.1. The third-order valence-electron chi connectivity index (χ3n) is 3.63. The molecule has 1 aliphatic rings. The molecule has 1 aromatic rings. The topological polar surface area (TPSA) is 82.5 Å². The molecule has 7 nitrogen and oxygen atoms in total. The number of aromatic nitrogens is 1. The Morgan fingerprint density at radius 3 is 2.48 bits per heavy atom. The van der Waals surface area contributed by atoms with Crippen molar-refractivity contribution in [2.45, 2.75) is 13.8 Å². The van der Waals surface area contributed by atoms with Gasteiger partial charge >= 0.3 is 0 Å². The van der Waals surface area contributed by atoms with Crippen LogP contribution >= 0.6 is 0 Å². The minimum Gasteiger partial charge on any atom is -0.353 e. The van der Waals surface area contributed by atoms with Crippen LogP contribution in [0.25, 0.3) is 0 Å². The van der Waals surface area contributed by atoms with Gasteiger partial charge in [-0.3, -0.25) is 19.8 Å². The SMILES string of the molecule is CC(C)CN1CCN(CC(=O)c2cc([N+](=O)[O-])c[nH]2)CC1. The predicted octanol–water partition coefficient (Wildman–Crippen LogP) is 1.38. The van der Waals surface area contributed by atoms with E-state index < -0.39 is 4.92 Å². The van der Waals surface area contributed by atoms with Crippen molar-refractivity contribution >= 4 is 11.5 Å². The minimum absolute atomic E-state index is 0.0693. The van der Waals surface area contributed by atoms with Crippen molar-refractivity contribution in [2.75, 3.05) is 39.3 Å². The van der Waals surface area contributed by atoms with Gasteiger partial charge in [0.15, 0.2) is 5.78 Å². The standard InChI is InChI=1S/C14H22N4O3/c1-11(2)9-16-3-5-17(6-4-16)10-14(19)13-7-12(8-15-13)18(20)21/h7-8,11,15H,3-6,9-10H2,1-2H3. The summed E-state index contributed by atoms with van der Waals surface area (Å²) in [6.07, 6.45) is 1.26. The molecule has 1 saturated heterocycles. The number of H-pyrrole nitrogens is 1. The van der Waals surface area contributed by atoms with Crippen LogP contribution in [0.1, 0.15) is 24.3 Å². The van der Waals surface area contributed by atoms with Gasteiger partial charge in [0.05, 0.1) is 23.4 Å². The fraction of sp³-hybridized carbons (Fsp3) is 0.643. The zero-order valence-electron chi connectivity index (χ0n) is 12.5. The summed E-state index contributed by atoms with van der Waals surface area (Å²) in [6, 6.07) is 1.30. The van der Waals surface area contributed by atoms with Gasteiger partial charge in [-0.1, -0.05) is 13.8 Å². The van der Waals surface area contributed by atoms with E-state index >= 15 is 0 Å². The molecule has 21 heavy (non-hydrogen) atoms. The summed E-state index contributed by atoms with van der Waals surface area (Å²) in [5.74, 6) is 0.554. The fourth-order valence-corrected chi connectivity index (χ4v) is 2.58. The molecule has 2 rings (SSSR count). The highest BCUT2D eigenvalue weighted by atomic mass is 16.6. The van der Waals surface area contributed by atoms with Gasteiger partial charge in [-0.25, -0.2) is 0 Å². The molecule has 1 fully saturated rings. The Balaban J connectivity index is 1.82. The summed E-state index contributed by atoms with van der Waals surface area (Å²) in [7, 11) is 0. The first-order chi connectivity index (χ1) is 9.95. The van der Waals surface area contributed by atoms with Crippen molar-refractivity contribution in [3.63, 3.8) is 0 Å². The number of Topliss-reactive ketones (excluding diaryl/α,β-unsaturated/α-hetero) is 1. The van der Waals surface area contributed by atoms with E-state index in [1.807, 2.05) is 0 Å². The maximum absolute atomic E-state index is 12.1. The number of aromatic amines is 1. The molecule has 0 aromatic carbocycles. The van der Waals surface area contributed by atoms with Gasteiger partial charge < -0.3 is 9.88 Å². The predicted molar refractivity (Wildman–Crippen MR) is 79.5 cm³/mol. The number of ketones is 1. The molecule has 2 heterocycles. The molecule has 1 N–H and O–H groups in total. The molecule has 1 aromatic heterocycles. The molecule has 116 valence electrons. The van der Waals surface area contributed by atoms with E-state index in [2.05, 4.69) is 28.6 Å². The zero-order chi connectivity index (χ0) is 15.4. The molecule has 7 heteroatoms. The summed E-state index contributed by atoms with van der Waals surface area (Å²) < 4.78 is 0.